The smallest absolute Gasteiger partial charge is 0.337 e. The van der Waals surface area contributed by atoms with Gasteiger partial charge in [-0.25, -0.2) is 9.78 Å². The van der Waals surface area contributed by atoms with Crippen LogP contribution in [0.1, 0.15) is 71.7 Å². The van der Waals surface area contributed by atoms with E-state index in [-0.39, 0.29) is 77.0 Å². The number of imidazole rings is 1. The van der Waals surface area contributed by atoms with Crippen molar-refractivity contribution in [1.29, 1.82) is 0 Å². The number of nitrogens with two attached hydrogens (primary N) is 1. The molecule has 0 fully saturated rings. The van der Waals surface area contributed by atoms with Crippen LogP contribution in [0.2, 0.25) is 0 Å². The summed E-state index contributed by atoms with van der Waals surface area (Å²) >= 11 is 0. The van der Waals surface area contributed by atoms with E-state index in [0.717, 1.165) is 13.0 Å². The van der Waals surface area contributed by atoms with Crippen LogP contribution in [0.4, 0.5) is 28.6 Å². The number of nitrogen functional groups attached to an aromatic ring is 1. The molecule has 4 aromatic heterocycles. The first-order chi connectivity index (χ1) is 28.9. The molecule has 1 aromatic carbocycles. The van der Waals surface area contributed by atoms with Crippen LogP contribution < -0.4 is 41.8 Å². The Labute approximate surface area is 350 Å². The van der Waals surface area contributed by atoms with Crippen molar-refractivity contribution in [1.82, 2.24) is 33.5 Å². The molecular formula is C40H50N12O9. The number of hydrogen-bond acceptors (Lipinski definition) is 11. The Kier molecular flexibility index (Phi) is 14.2. The van der Waals surface area contributed by atoms with Crippen molar-refractivity contribution in [2.24, 2.45) is 28.2 Å². The molecule has 5 aromatic rings. The maximum absolute atomic E-state index is 13.3. The van der Waals surface area contributed by atoms with Gasteiger partial charge in [0.2, 0.25) is 11.7 Å². The lowest BCUT2D eigenvalue weighted by molar-refractivity contribution is -0.116. The molecule has 8 N–H and O–H groups in total. The number of benzene rings is 1. The first-order valence-electron chi connectivity index (χ1n) is 19.0. The number of nitrogens with one attached hydrogen (secondary N) is 5. The van der Waals surface area contributed by atoms with Gasteiger partial charge in [-0.2, -0.15) is 0 Å². The number of aryl methyl sites for hydroxylation is 4. The Bertz CT molecular complexity index is 2460. The van der Waals surface area contributed by atoms with Gasteiger partial charge in [-0.3, -0.25) is 24.0 Å². The highest BCUT2D eigenvalue weighted by molar-refractivity contribution is 6.08. The van der Waals surface area contributed by atoms with Gasteiger partial charge >= 0.3 is 5.97 Å². The third kappa shape index (κ3) is 11.4. The average Bonchev–Trinajstić information content (AvgIpc) is 3.96. The number of hydrogen-bond donors (Lipinski definition) is 7. The van der Waals surface area contributed by atoms with Gasteiger partial charge < -0.3 is 70.1 Å². The number of amides is 5. The van der Waals surface area contributed by atoms with E-state index in [1.54, 1.807) is 62.0 Å². The molecule has 324 valence electrons. The Morgan fingerprint density at radius 1 is 0.705 bits per heavy atom. The lowest BCUT2D eigenvalue weighted by atomic mass is 10.1. The molecule has 0 atom stereocenters. The fourth-order valence-electron chi connectivity index (χ4n) is 6.23. The van der Waals surface area contributed by atoms with Crippen molar-refractivity contribution < 1.29 is 43.3 Å². The Morgan fingerprint density at radius 2 is 1.25 bits per heavy atom. The monoisotopic (exact) mass is 842 g/mol. The maximum Gasteiger partial charge on any atom is 0.337 e. The van der Waals surface area contributed by atoms with Crippen LogP contribution in [0, 0.1) is 0 Å². The molecule has 0 aliphatic rings. The SMILES string of the molecule is COc1cc(C(=O)O)c(N)cc1OCCCC(=O)Nc1cn(C)c(C(=O)Nc2cc(C(=O)Nc3cc(C(=O)Nc4cc(C(=O)NCCCN(C)C)n(C)c4)n(C)c3)n(C)c2)n1. The molecule has 0 unspecified atom stereocenters. The number of rotatable bonds is 19. The molecule has 0 aliphatic carbocycles. The zero-order chi connectivity index (χ0) is 44.5. The second kappa shape index (κ2) is 19.5. The van der Waals surface area contributed by atoms with Gasteiger partial charge in [0.1, 0.15) is 17.1 Å². The molecule has 61 heavy (non-hydrogen) atoms. The topological polar surface area (TPSA) is 263 Å². The van der Waals surface area contributed by atoms with E-state index >= 15 is 0 Å². The largest absolute Gasteiger partial charge is 0.493 e. The molecule has 21 nitrogen and oxygen atoms in total. The number of carboxylic acid groups (broad SMARTS) is 1. The maximum atomic E-state index is 13.3. The third-order valence-electron chi connectivity index (χ3n) is 9.27. The summed E-state index contributed by atoms with van der Waals surface area (Å²) in [5.74, 6) is -2.84. The lowest BCUT2D eigenvalue weighted by Gasteiger charge is -2.13. The molecule has 0 aliphatic heterocycles. The summed E-state index contributed by atoms with van der Waals surface area (Å²) in [5, 5.41) is 23.1. The summed E-state index contributed by atoms with van der Waals surface area (Å²) in [6.45, 7) is 1.46. The minimum atomic E-state index is -1.20. The fourth-order valence-corrected chi connectivity index (χ4v) is 6.23. The number of anilines is 5. The van der Waals surface area contributed by atoms with E-state index in [2.05, 4.69) is 31.6 Å². The number of aromatic nitrogens is 5. The van der Waals surface area contributed by atoms with E-state index < -0.39 is 23.7 Å². The minimum Gasteiger partial charge on any atom is -0.493 e. The van der Waals surface area contributed by atoms with Gasteiger partial charge in [0.15, 0.2) is 17.3 Å². The second-order valence-corrected chi connectivity index (χ2v) is 14.4. The average molecular weight is 843 g/mol. The lowest BCUT2D eigenvalue weighted by Crippen LogP contribution is -2.28. The summed E-state index contributed by atoms with van der Waals surface area (Å²) in [6, 6.07) is 7.19. The number of carbonyl (C=O) groups is 6. The van der Waals surface area contributed by atoms with Crippen LogP contribution in [0.15, 0.2) is 55.1 Å². The number of carbonyl (C=O) groups excluding carboxylic acids is 5. The van der Waals surface area contributed by atoms with Crippen LogP contribution in [0.5, 0.6) is 11.5 Å². The Morgan fingerprint density at radius 3 is 1.77 bits per heavy atom. The number of ether oxygens (including phenoxy) is 2. The summed E-state index contributed by atoms with van der Waals surface area (Å²) in [4.78, 5) is 82.7. The van der Waals surface area contributed by atoms with E-state index in [9.17, 15) is 33.9 Å². The highest BCUT2D eigenvalue weighted by atomic mass is 16.5. The van der Waals surface area contributed by atoms with Crippen molar-refractivity contribution in [2.75, 3.05) is 67.9 Å². The summed E-state index contributed by atoms with van der Waals surface area (Å²) in [6.07, 6.45) is 7.38. The van der Waals surface area contributed by atoms with Gasteiger partial charge in [-0.05, 0) is 51.7 Å². The zero-order valence-corrected chi connectivity index (χ0v) is 34.9. The predicted octanol–water partition coefficient (Wildman–Crippen LogP) is 2.96. The van der Waals surface area contributed by atoms with Crippen LogP contribution in [0.3, 0.4) is 0 Å². The van der Waals surface area contributed by atoms with Gasteiger partial charge in [0.05, 0.1) is 42.0 Å². The molecule has 5 rings (SSSR count). The Balaban J connectivity index is 1.11. The highest BCUT2D eigenvalue weighted by Crippen LogP contribution is 2.32. The summed E-state index contributed by atoms with van der Waals surface area (Å²) < 4.78 is 17.0. The quantitative estimate of drug-likeness (QED) is 0.0468. The molecule has 21 heteroatoms. The number of nitrogens with zero attached hydrogens (tertiary/aromatic N) is 6. The molecule has 0 saturated heterocycles. The standard InChI is InChI=1S/C40H50N12O9/c1-48(2)12-9-11-42-36(54)28-14-23(19-49(28)3)43-37(55)29-15-24(20-50(29)4)44-38(56)30-16-25(21-51(30)5)45-39(57)35-47-33(22-52(35)6)46-34(53)10-8-13-61-32-18-27(41)26(40(58)59)17-31(32)60-7/h14-22H,8-13,41H2,1-7H3,(H,42,54)(H,43,55)(H,44,56)(H,45,57)(H,46,53)(H,58,59). The molecular weight excluding hydrogens is 793 g/mol. The zero-order valence-electron chi connectivity index (χ0n) is 34.9. The van der Waals surface area contributed by atoms with Gasteiger partial charge in [-0.15, -0.1) is 0 Å². The first-order valence-corrected chi connectivity index (χ1v) is 19.0. The van der Waals surface area contributed by atoms with Crippen molar-refractivity contribution in [3.63, 3.8) is 0 Å². The number of aromatic carboxylic acids is 1. The Hall–Kier alpha value is -7.55. The van der Waals surface area contributed by atoms with Gasteiger partial charge in [0.25, 0.3) is 23.6 Å². The minimum absolute atomic E-state index is 0.00569. The normalized spacial score (nSPS) is 11.0. The van der Waals surface area contributed by atoms with Crippen molar-refractivity contribution in [2.45, 2.75) is 19.3 Å². The molecule has 5 amide bonds. The summed E-state index contributed by atoms with van der Waals surface area (Å²) in [7, 11) is 11.9. The van der Waals surface area contributed by atoms with E-state index in [1.807, 2.05) is 19.0 Å². The van der Waals surface area contributed by atoms with Crippen LogP contribution in [-0.2, 0) is 33.0 Å². The van der Waals surface area contributed by atoms with Crippen molar-refractivity contribution >= 4 is 64.1 Å². The van der Waals surface area contributed by atoms with Crippen LogP contribution in [0.25, 0.3) is 0 Å². The van der Waals surface area contributed by atoms with Crippen molar-refractivity contribution in [3.05, 3.63) is 83.6 Å². The van der Waals surface area contributed by atoms with E-state index in [0.29, 0.717) is 29.3 Å². The van der Waals surface area contributed by atoms with Crippen LogP contribution >= 0.6 is 0 Å². The second-order valence-electron chi connectivity index (χ2n) is 14.4. The fraction of sp³-hybridized carbons (Fsp3) is 0.325. The molecule has 0 radical (unpaired) electrons. The van der Waals surface area contributed by atoms with Crippen molar-refractivity contribution in [3.8, 4) is 11.5 Å². The number of carboxylic acids is 1. The first kappa shape index (κ1) is 44.6. The number of methoxy groups -OCH3 is 1. The third-order valence-corrected chi connectivity index (χ3v) is 9.27. The predicted molar refractivity (Wildman–Crippen MR) is 227 cm³/mol. The molecule has 4 heterocycles. The van der Waals surface area contributed by atoms with Crippen LogP contribution in [-0.4, -0.2) is 110 Å². The molecule has 0 saturated carbocycles. The van der Waals surface area contributed by atoms with E-state index in [4.69, 9.17) is 15.2 Å². The molecule has 0 spiro atoms. The van der Waals surface area contributed by atoms with E-state index in [1.165, 1.54) is 46.7 Å². The summed E-state index contributed by atoms with van der Waals surface area (Å²) in [5.41, 5.74) is 7.62. The highest BCUT2D eigenvalue weighted by Gasteiger charge is 2.21. The van der Waals surface area contributed by atoms with Gasteiger partial charge in [-0.1, -0.05) is 0 Å². The van der Waals surface area contributed by atoms with Gasteiger partial charge in [0, 0.05) is 78.1 Å². The molecule has 0 bridgehead atoms.